The van der Waals surface area contributed by atoms with Gasteiger partial charge in [0.15, 0.2) is 10.5 Å². The van der Waals surface area contributed by atoms with E-state index >= 15 is 0 Å². The van der Waals surface area contributed by atoms with Gasteiger partial charge in [0.2, 0.25) is 0 Å². The van der Waals surface area contributed by atoms with Crippen LogP contribution >= 0.6 is 0 Å². The minimum absolute atomic E-state index is 2.25. The van der Waals surface area contributed by atoms with Gasteiger partial charge in [-0.05, 0) is 0 Å². The standard InChI is InChI=1S/C8H8F6O9S2/c9-7(10,11)3(1-5(15)16)24(19,20)23-25(21,22)4(2-6(17)18)8(12,13)14/h3-4H,1-2H2,(H,15,16)(H,17,18). The summed E-state index contributed by atoms with van der Waals surface area (Å²) < 4.78 is 124. The molecule has 2 atom stereocenters. The Labute approximate surface area is 135 Å². The summed E-state index contributed by atoms with van der Waals surface area (Å²) in [6, 6.07) is 0. The molecule has 0 spiro atoms. The van der Waals surface area contributed by atoms with Crippen molar-refractivity contribution in [1.29, 1.82) is 0 Å². The van der Waals surface area contributed by atoms with E-state index in [1.165, 1.54) is 0 Å². The molecule has 0 radical (unpaired) electrons. The van der Waals surface area contributed by atoms with Crippen LogP contribution in [0.2, 0.25) is 0 Å². The van der Waals surface area contributed by atoms with E-state index in [0.717, 1.165) is 0 Å². The summed E-state index contributed by atoms with van der Waals surface area (Å²) in [5.41, 5.74) is 0. The number of aliphatic carboxylic acids is 2. The van der Waals surface area contributed by atoms with Gasteiger partial charge in [-0.3, -0.25) is 9.59 Å². The molecule has 0 bridgehead atoms. The molecular weight excluding hydrogens is 418 g/mol. The zero-order valence-corrected chi connectivity index (χ0v) is 13.0. The Morgan fingerprint density at radius 1 is 0.760 bits per heavy atom. The van der Waals surface area contributed by atoms with Crippen LogP contribution < -0.4 is 0 Å². The Balaban J connectivity index is 5.96. The van der Waals surface area contributed by atoms with Crippen molar-refractivity contribution in [1.82, 2.24) is 0 Å². The molecule has 0 aromatic heterocycles. The molecule has 0 aliphatic rings. The number of carboxylic acids is 2. The van der Waals surface area contributed by atoms with E-state index in [2.05, 4.69) is 3.63 Å². The molecule has 0 aromatic carbocycles. The summed E-state index contributed by atoms with van der Waals surface area (Å²) in [6.07, 6.45) is -16.3. The lowest BCUT2D eigenvalue weighted by molar-refractivity contribution is -0.152. The second-order valence-electron chi connectivity index (χ2n) is 4.31. The van der Waals surface area contributed by atoms with Crippen LogP contribution in [0.4, 0.5) is 26.3 Å². The first-order valence-corrected chi connectivity index (χ1v) is 8.50. The highest BCUT2D eigenvalue weighted by molar-refractivity contribution is 8.00. The average Bonchev–Trinajstić information content (AvgIpc) is 2.28. The summed E-state index contributed by atoms with van der Waals surface area (Å²) in [7, 11) is -12.9. The van der Waals surface area contributed by atoms with Gasteiger partial charge in [0.25, 0.3) is 20.2 Å². The molecule has 9 nitrogen and oxygen atoms in total. The fraction of sp³-hybridized carbons (Fsp3) is 0.750. The lowest BCUT2D eigenvalue weighted by Crippen LogP contribution is -2.45. The normalized spacial score (nSPS) is 16.2. The summed E-state index contributed by atoms with van der Waals surface area (Å²) in [6.45, 7) is 0. The van der Waals surface area contributed by atoms with Gasteiger partial charge in [0.1, 0.15) is 0 Å². The Kier molecular flexibility index (Phi) is 6.85. The predicted octanol–water partition coefficient (Wildman–Crippen LogP) is 0.474. The highest BCUT2D eigenvalue weighted by Crippen LogP contribution is 2.34. The van der Waals surface area contributed by atoms with Crippen molar-refractivity contribution in [3.05, 3.63) is 0 Å². The first kappa shape index (κ1) is 23.4. The smallest absolute Gasteiger partial charge is 0.408 e. The minimum atomic E-state index is -6.46. The van der Waals surface area contributed by atoms with Gasteiger partial charge in [-0.1, -0.05) is 0 Å². The van der Waals surface area contributed by atoms with Crippen molar-refractivity contribution in [2.75, 3.05) is 0 Å². The molecule has 17 heteroatoms. The maximum Gasteiger partial charge on any atom is 0.408 e. The van der Waals surface area contributed by atoms with Gasteiger partial charge in [-0.25, -0.2) is 0 Å². The molecule has 0 heterocycles. The van der Waals surface area contributed by atoms with E-state index in [9.17, 15) is 52.8 Å². The molecule has 0 saturated heterocycles. The zero-order chi connectivity index (χ0) is 20.4. The summed E-state index contributed by atoms with van der Waals surface area (Å²) >= 11 is 0. The first-order valence-electron chi connectivity index (χ1n) is 5.56. The SMILES string of the molecule is O=C(O)CC(C(F)(F)F)S(=O)(=O)OS(=O)(=O)C(CC(=O)O)C(F)(F)F. The Morgan fingerprint density at radius 3 is 1.16 bits per heavy atom. The predicted molar refractivity (Wildman–Crippen MR) is 63.1 cm³/mol. The van der Waals surface area contributed by atoms with Crippen LogP contribution in [-0.2, 0) is 33.5 Å². The van der Waals surface area contributed by atoms with E-state index in [1.807, 2.05) is 0 Å². The van der Waals surface area contributed by atoms with Crippen molar-refractivity contribution in [2.45, 2.75) is 35.7 Å². The number of alkyl halides is 6. The lowest BCUT2D eigenvalue weighted by Gasteiger charge is -2.21. The van der Waals surface area contributed by atoms with Crippen LogP contribution in [0.25, 0.3) is 0 Å². The number of rotatable bonds is 8. The van der Waals surface area contributed by atoms with E-state index in [0.29, 0.717) is 0 Å². The highest BCUT2D eigenvalue weighted by atomic mass is 32.3. The van der Waals surface area contributed by atoms with Gasteiger partial charge in [-0.15, -0.1) is 3.63 Å². The van der Waals surface area contributed by atoms with Gasteiger partial charge >= 0.3 is 24.3 Å². The molecule has 0 amide bonds. The molecule has 0 aromatic rings. The zero-order valence-electron chi connectivity index (χ0n) is 11.4. The number of carbonyl (C=O) groups is 2. The van der Waals surface area contributed by atoms with E-state index < -0.39 is 67.9 Å². The quantitative estimate of drug-likeness (QED) is 0.528. The third-order valence-electron chi connectivity index (χ3n) is 2.34. The molecule has 148 valence electrons. The van der Waals surface area contributed by atoms with Crippen molar-refractivity contribution in [2.24, 2.45) is 0 Å². The highest BCUT2D eigenvalue weighted by Gasteiger charge is 2.56. The topological polar surface area (TPSA) is 152 Å². The monoisotopic (exact) mass is 426 g/mol. The maximum atomic E-state index is 12.6. The van der Waals surface area contributed by atoms with Gasteiger partial charge < -0.3 is 10.2 Å². The van der Waals surface area contributed by atoms with Gasteiger partial charge in [-0.2, -0.15) is 43.2 Å². The third kappa shape index (κ3) is 7.02. The van der Waals surface area contributed by atoms with Crippen LogP contribution in [0.3, 0.4) is 0 Å². The molecule has 2 unspecified atom stereocenters. The van der Waals surface area contributed by atoms with Gasteiger partial charge in [0.05, 0.1) is 12.8 Å². The summed E-state index contributed by atoms with van der Waals surface area (Å²) in [4.78, 5) is 20.6. The van der Waals surface area contributed by atoms with Crippen molar-refractivity contribution < 1.29 is 66.6 Å². The number of hydrogen-bond acceptors (Lipinski definition) is 7. The Morgan fingerprint density at radius 2 is 1.00 bits per heavy atom. The van der Waals surface area contributed by atoms with Crippen molar-refractivity contribution in [3.8, 4) is 0 Å². The summed E-state index contributed by atoms with van der Waals surface area (Å²) in [5, 5.41) is 8.49. The molecule has 0 saturated carbocycles. The molecule has 0 aliphatic carbocycles. The molecule has 0 rings (SSSR count). The largest absolute Gasteiger partial charge is 0.481 e. The third-order valence-corrected chi connectivity index (χ3v) is 6.12. The van der Waals surface area contributed by atoms with E-state index in [1.54, 1.807) is 0 Å². The molecule has 25 heavy (non-hydrogen) atoms. The Bertz CT molecular complexity index is 658. The number of hydrogen-bond donors (Lipinski definition) is 2. The average molecular weight is 426 g/mol. The molecule has 0 aliphatic heterocycles. The van der Waals surface area contributed by atoms with Crippen molar-refractivity contribution >= 4 is 32.2 Å². The van der Waals surface area contributed by atoms with Crippen LogP contribution in [0, 0.1) is 0 Å². The molecule has 2 N–H and O–H groups in total. The molecule has 0 fully saturated rings. The van der Waals surface area contributed by atoms with Crippen LogP contribution in [0.15, 0.2) is 0 Å². The van der Waals surface area contributed by atoms with Gasteiger partial charge in [0, 0.05) is 0 Å². The van der Waals surface area contributed by atoms with E-state index in [-0.39, 0.29) is 0 Å². The van der Waals surface area contributed by atoms with Crippen LogP contribution in [0.5, 0.6) is 0 Å². The second-order valence-corrected chi connectivity index (χ2v) is 7.96. The number of carboxylic acid groups (broad SMARTS) is 2. The van der Waals surface area contributed by atoms with Crippen LogP contribution in [0.1, 0.15) is 12.8 Å². The lowest BCUT2D eigenvalue weighted by atomic mass is 10.3. The van der Waals surface area contributed by atoms with Crippen LogP contribution in [-0.4, -0.2) is 61.8 Å². The fourth-order valence-corrected chi connectivity index (χ4v) is 4.47. The maximum absolute atomic E-state index is 12.6. The fourth-order valence-electron chi connectivity index (χ4n) is 1.31. The first-order chi connectivity index (χ1) is 10.8. The van der Waals surface area contributed by atoms with E-state index in [4.69, 9.17) is 10.2 Å². The minimum Gasteiger partial charge on any atom is -0.481 e. The number of halogens is 6. The second kappa shape index (κ2) is 7.32. The summed E-state index contributed by atoms with van der Waals surface area (Å²) in [5.74, 6) is -4.74. The van der Waals surface area contributed by atoms with Crippen molar-refractivity contribution in [3.63, 3.8) is 0 Å². The Hall–Kier alpha value is -1.62. The molecular formula is C8H8F6O9S2.